The second-order valence-electron chi connectivity index (χ2n) is 9.84. The predicted octanol–water partition coefficient (Wildman–Crippen LogP) is 5.80. The fraction of sp³-hybridized carbons (Fsp3) is 0.267. The van der Waals surface area contributed by atoms with Crippen LogP contribution < -0.4 is 10.6 Å². The van der Waals surface area contributed by atoms with E-state index in [-0.39, 0.29) is 6.03 Å². The van der Waals surface area contributed by atoms with Crippen molar-refractivity contribution in [2.24, 2.45) is 0 Å². The number of benzene rings is 3. The van der Waals surface area contributed by atoms with Crippen molar-refractivity contribution in [2.45, 2.75) is 25.3 Å². The SMILES string of the molecule is COCCN1CCC[C@@H]1Cc1c[nH]c2ccc(-n3cnc4cc(NC(=O)Nc5ccccc5)ccc43)cc12. The van der Waals surface area contributed by atoms with E-state index in [2.05, 4.69) is 54.5 Å². The Morgan fingerprint density at radius 3 is 2.82 bits per heavy atom. The first kappa shape index (κ1) is 24.2. The van der Waals surface area contributed by atoms with Gasteiger partial charge in [-0.1, -0.05) is 18.2 Å². The Morgan fingerprint density at radius 1 is 1.08 bits per heavy atom. The minimum absolute atomic E-state index is 0.288. The Bertz CT molecular complexity index is 1560. The minimum atomic E-state index is -0.288. The molecule has 8 heteroatoms. The number of H-pyrrole nitrogens is 1. The molecule has 6 rings (SSSR count). The third-order valence-corrected chi connectivity index (χ3v) is 7.40. The zero-order valence-electron chi connectivity index (χ0n) is 21.5. The summed E-state index contributed by atoms with van der Waals surface area (Å²) in [5.74, 6) is 0. The third-order valence-electron chi connectivity index (χ3n) is 7.40. The maximum Gasteiger partial charge on any atom is 0.323 e. The van der Waals surface area contributed by atoms with Crippen LogP contribution in [0.25, 0.3) is 27.6 Å². The van der Waals surface area contributed by atoms with Crippen molar-refractivity contribution >= 4 is 39.3 Å². The van der Waals surface area contributed by atoms with Crippen molar-refractivity contribution in [3.05, 3.63) is 84.8 Å². The first-order valence-electron chi connectivity index (χ1n) is 13.1. The van der Waals surface area contributed by atoms with Crippen molar-refractivity contribution < 1.29 is 9.53 Å². The number of urea groups is 1. The summed E-state index contributed by atoms with van der Waals surface area (Å²) in [7, 11) is 1.77. The largest absolute Gasteiger partial charge is 0.383 e. The van der Waals surface area contributed by atoms with E-state index in [1.165, 1.54) is 23.8 Å². The number of likely N-dealkylation sites (tertiary alicyclic amines) is 1. The Balaban J connectivity index is 1.21. The molecule has 38 heavy (non-hydrogen) atoms. The minimum Gasteiger partial charge on any atom is -0.383 e. The van der Waals surface area contributed by atoms with Gasteiger partial charge in [0.15, 0.2) is 0 Å². The number of rotatable bonds is 8. The molecule has 0 aliphatic carbocycles. The monoisotopic (exact) mass is 508 g/mol. The lowest BCUT2D eigenvalue weighted by Gasteiger charge is -2.23. The van der Waals surface area contributed by atoms with Gasteiger partial charge in [0.1, 0.15) is 6.33 Å². The zero-order chi connectivity index (χ0) is 25.9. The molecule has 0 spiro atoms. The number of nitrogens with zero attached hydrogens (tertiary/aromatic N) is 3. The molecule has 2 amide bonds. The van der Waals surface area contributed by atoms with Crippen LogP contribution in [0.4, 0.5) is 16.2 Å². The van der Waals surface area contributed by atoms with Crippen LogP contribution in [0, 0.1) is 0 Å². The number of hydrogen-bond donors (Lipinski definition) is 3. The second kappa shape index (κ2) is 10.7. The van der Waals surface area contributed by atoms with Gasteiger partial charge in [0.2, 0.25) is 0 Å². The number of imidazole rings is 1. The number of aromatic amines is 1. The van der Waals surface area contributed by atoms with E-state index in [1.807, 2.05) is 54.9 Å². The molecule has 0 saturated carbocycles. The Labute approximate surface area is 221 Å². The van der Waals surface area contributed by atoms with Crippen molar-refractivity contribution in [1.29, 1.82) is 0 Å². The summed E-state index contributed by atoms with van der Waals surface area (Å²) < 4.78 is 7.42. The standard InChI is InChI=1S/C30H32N6O2/c1-38-15-14-35-13-5-8-24(35)16-21-19-31-27-11-10-25(18-26(21)27)36-20-32-28-17-23(9-12-29(28)36)34-30(37)33-22-6-3-2-4-7-22/h2-4,6-7,9-12,17-20,24,31H,5,8,13-16H2,1H3,(H2,33,34,37)/t24-/m1/s1. The number of anilines is 2. The van der Waals surface area contributed by atoms with Gasteiger partial charge in [-0.25, -0.2) is 9.78 Å². The van der Waals surface area contributed by atoms with E-state index in [0.717, 1.165) is 54.0 Å². The molecule has 1 fully saturated rings. The number of carbonyl (C=O) groups excluding carboxylic acids is 1. The normalized spacial score (nSPS) is 15.9. The fourth-order valence-corrected chi connectivity index (χ4v) is 5.48. The molecule has 1 atom stereocenters. The van der Waals surface area contributed by atoms with E-state index in [0.29, 0.717) is 11.7 Å². The van der Waals surface area contributed by atoms with Crippen LogP contribution in [0.1, 0.15) is 18.4 Å². The molecule has 5 aromatic rings. The number of hydrogen-bond acceptors (Lipinski definition) is 4. The molecule has 194 valence electrons. The second-order valence-corrected chi connectivity index (χ2v) is 9.84. The number of ether oxygens (including phenoxy) is 1. The predicted molar refractivity (Wildman–Crippen MR) is 152 cm³/mol. The molecule has 0 unspecified atom stereocenters. The molecule has 8 nitrogen and oxygen atoms in total. The van der Waals surface area contributed by atoms with Crippen molar-refractivity contribution in [1.82, 2.24) is 19.4 Å². The highest BCUT2D eigenvalue weighted by Gasteiger charge is 2.25. The Kier molecular flexibility index (Phi) is 6.81. The van der Waals surface area contributed by atoms with Crippen LogP contribution in [-0.2, 0) is 11.2 Å². The molecule has 0 bridgehead atoms. The molecular formula is C30H32N6O2. The number of para-hydroxylation sites is 1. The van der Waals surface area contributed by atoms with Gasteiger partial charge in [-0.05, 0) is 79.9 Å². The number of fused-ring (bicyclic) bond motifs is 2. The summed E-state index contributed by atoms with van der Waals surface area (Å²) in [6.45, 7) is 2.91. The van der Waals surface area contributed by atoms with Gasteiger partial charge in [0, 0.05) is 53.9 Å². The number of aromatic nitrogens is 3. The topological polar surface area (TPSA) is 87.2 Å². The van der Waals surface area contributed by atoms with Crippen molar-refractivity contribution in [3.63, 3.8) is 0 Å². The Hall–Kier alpha value is -4.14. The van der Waals surface area contributed by atoms with Crippen molar-refractivity contribution in [2.75, 3.05) is 37.4 Å². The molecular weight excluding hydrogens is 476 g/mol. The third kappa shape index (κ3) is 5.01. The van der Waals surface area contributed by atoms with Gasteiger partial charge in [-0.2, -0.15) is 0 Å². The summed E-state index contributed by atoms with van der Waals surface area (Å²) in [4.78, 5) is 23.1. The van der Waals surface area contributed by atoms with Crippen molar-refractivity contribution in [3.8, 4) is 5.69 Å². The maximum atomic E-state index is 12.4. The lowest BCUT2D eigenvalue weighted by atomic mass is 10.0. The van der Waals surface area contributed by atoms with E-state index < -0.39 is 0 Å². The van der Waals surface area contributed by atoms with E-state index in [4.69, 9.17) is 4.74 Å². The van der Waals surface area contributed by atoms with Gasteiger partial charge in [0.05, 0.1) is 17.6 Å². The summed E-state index contributed by atoms with van der Waals surface area (Å²) >= 11 is 0. The van der Waals surface area contributed by atoms with Crippen LogP contribution in [-0.4, -0.2) is 58.3 Å². The van der Waals surface area contributed by atoms with Crippen LogP contribution in [0.3, 0.4) is 0 Å². The van der Waals surface area contributed by atoms with E-state index >= 15 is 0 Å². The fourth-order valence-electron chi connectivity index (χ4n) is 5.48. The molecule has 1 saturated heterocycles. The molecule has 3 heterocycles. The zero-order valence-corrected chi connectivity index (χ0v) is 21.5. The molecule has 2 aromatic heterocycles. The van der Waals surface area contributed by atoms with Crippen LogP contribution >= 0.6 is 0 Å². The average molecular weight is 509 g/mol. The lowest BCUT2D eigenvalue weighted by Crippen LogP contribution is -2.33. The molecule has 0 radical (unpaired) electrons. The number of nitrogens with one attached hydrogen (secondary N) is 3. The maximum absolute atomic E-state index is 12.4. The Morgan fingerprint density at radius 2 is 1.95 bits per heavy atom. The number of methoxy groups -OCH3 is 1. The quantitative estimate of drug-likeness (QED) is 0.247. The number of amides is 2. The molecule has 3 aromatic carbocycles. The van der Waals surface area contributed by atoms with Crippen LogP contribution in [0.2, 0.25) is 0 Å². The first-order chi connectivity index (χ1) is 18.7. The summed E-state index contributed by atoms with van der Waals surface area (Å²) in [5, 5.41) is 6.98. The highest BCUT2D eigenvalue weighted by molar-refractivity contribution is 6.00. The summed E-state index contributed by atoms with van der Waals surface area (Å²) in [6, 6.07) is 21.9. The van der Waals surface area contributed by atoms with Gasteiger partial charge >= 0.3 is 6.03 Å². The van der Waals surface area contributed by atoms with E-state index in [1.54, 1.807) is 7.11 Å². The van der Waals surface area contributed by atoms with E-state index in [9.17, 15) is 4.79 Å². The van der Waals surface area contributed by atoms with Gasteiger partial charge in [-0.3, -0.25) is 9.47 Å². The smallest absolute Gasteiger partial charge is 0.323 e. The first-order valence-corrected chi connectivity index (χ1v) is 13.1. The molecule has 1 aliphatic heterocycles. The highest BCUT2D eigenvalue weighted by Crippen LogP contribution is 2.29. The van der Waals surface area contributed by atoms with Gasteiger partial charge in [0.25, 0.3) is 0 Å². The number of carbonyl (C=O) groups is 1. The summed E-state index contributed by atoms with van der Waals surface area (Å²) in [5.41, 5.74) is 6.78. The van der Waals surface area contributed by atoms with Gasteiger partial charge in [-0.15, -0.1) is 0 Å². The average Bonchev–Trinajstić information content (AvgIpc) is 3.66. The van der Waals surface area contributed by atoms with Crippen LogP contribution in [0.5, 0.6) is 0 Å². The molecule has 3 N–H and O–H groups in total. The van der Waals surface area contributed by atoms with Crippen LogP contribution in [0.15, 0.2) is 79.3 Å². The lowest BCUT2D eigenvalue weighted by molar-refractivity contribution is 0.141. The highest BCUT2D eigenvalue weighted by atomic mass is 16.5. The van der Waals surface area contributed by atoms with Gasteiger partial charge < -0.3 is 20.4 Å². The molecule has 1 aliphatic rings. The summed E-state index contributed by atoms with van der Waals surface area (Å²) in [6.07, 6.45) is 7.49.